The van der Waals surface area contributed by atoms with Gasteiger partial charge in [-0.15, -0.1) is 0 Å². The number of likely N-dealkylation sites (N-methyl/N-ethyl adjacent to an activating group) is 1. The van der Waals surface area contributed by atoms with E-state index in [-0.39, 0.29) is 29.7 Å². The van der Waals surface area contributed by atoms with E-state index in [1.54, 1.807) is 22.9 Å². The van der Waals surface area contributed by atoms with Crippen LogP contribution in [0.25, 0.3) is 10.9 Å². The lowest BCUT2D eigenvalue weighted by molar-refractivity contribution is -0.122. The normalized spacial score (nSPS) is 15.3. The average Bonchev–Trinajstić information content (AvgIpc) is 2.90. The van der Waals surface area contributed by atoms with Gasteiger partial charge in [-0.2, -0.15) is 4.98 Å². The zero-order valence-electron chi connectivity index (χ0n) is 19.6. The fourth-order valence-electron chi connectivity index (χ4n) is 4.40. The molecule has 2 aliphatic heterocycles. The van der Waals surface area contributed by atoms with Crippen LogP contribution >= 0.6 is 11.6 Å². The summed E-state index contributed by atoms with van der Waals surface area (Å²) in [6.07, 6.45) is 4.07. The monoisotopic (exact) mass is 512 g/mol. The van der Waals surface area contributed by atoms with Gasteiger partial charge in [-0.1, -0.05) is 11.6 Å². The number of carbonyl (C=O) groups excluding carboxylic acids is 2. The first-order valence-corrected chi connectivity index (χ1v) is 12.0. The second-order valence-electron chi connectivity index (χ2n) is 8.64. The van der Waals surface area contributed by atoms with Crippen molar-refractivity contribution < 1.29 is 19.1 Å². The highest BCUT2D eigenvalue weighted by molar-refractivity contribution is 6.32. The van der Waals surface area contributed by atoms with Crippen LogP contribution in [0.1, 0.15) is 12.8 Å². The minimum Gasteiger partial charge on any atom is -0.489 e. The number of carbonyl (C=O) groups is 2. The molecule has 5 rings (SSSR count). The smallest absolute Gasteiger partial charge is 0.293 e. The molecular formula is C24H25ClN6O5. The Morgan fingerprint density at radius 3 is 2.83 bits per heavy atom. The van der Waals surface area contributed by atoms with Crippen LogP contribution in [0, 0.1) is 5.92 Å². The van der Waals surface area contributed by atoms with E-state index in [4.69, 9.17) is 21.1 Å². The molecule has 0 aliphatic carbocycles. The molecule has 0 bridgehead atoms. The fraction of sp³-hybridized carbons (Fsp3) is 0.375. The molecule has 2 aromatic heterocycles. The van der Waals surface area contributed by atoms with Crippen LogP contribution in [0.2, 0.25) is 5.02 Å². The molecule has 1 amide bonds. The van der Waals surface area contributed by atoms with Crippen LogP contribution in [0.3, 0.4) is 0 Å². The van der Waals surface area contributed by atoms with Gasteiger partial charge in [0.05, 0.1) is 18.3 Å². The third-order valence-corrected chi connectivity index (χ3v) is 6.61. The highest BCUT2D eigenvalue weighted by Crippen LogP contribution is 2.35. The predicted octanol–water partition coefficient (Wildman–Crippen LogP) is 2.12. The van der Waals surface area contributed by atoms with E-state index in [1.807, 2.05) is 11.0 Å². The Hall–Kier alpha value is -3.86. The SMILES string of the molecule is CNC(=O)COc1cc2cc(Nc3nc(N4CCC(C=O)CC4)ncc3Cl)cc3c2n(c1=O)CCO3. The van der Waals surface area contributed by atoms with Crippen LogP contribution in [-0.4, -0.2) is 60.1 Å². The second-order valence-corrected chi connectivity index (χ2v) is 9.05. The summed E-state index contributed by atoms with van der Waals surface area (Å²) in [6.45, 7) is 1.80. The van der Waals surface area contributed by atoms with Crippen molar-refractivity contribution in [1.82, 2.24) is 19.9 Å². The molecule has 0 saturated carbocycles. The Morgan fingerprint density at radius 1 is 1.28 bits per heavy atom. The first kappa shape index (κ1) is 23.9. The third kappa shape index (κ3) is 4.66. The van der Waals surface area contributed by atoms with E-state index < -0.39 is 0 Å². The molecule has 2 aliphatic rings. The number of nitrogens with zero attached hydrogens (tertiary/aromatic N) is 4. The highest BCUT2D eigenvalue weighted by Gasteiger charge is 2.23. The van der Waals surface area contributed by atoms with Gasteiger partial charge < -0.3 is 29.8 Å². The van der Waals surface area contributed by atoms with Gasteiger partial charge in [-0.25, -0.2) is 4.98 Å². The third-order valence-electron chi connectivity index (χ3n) is 6.34. The molecule has 0 unspecified atom stereocenters. The zero-order chi connectivity index (χ0) is 25.2. The van der Waals surface area contributed by atoms with Gasteiger partial charge in [0, 0.05) is 43.2 Å². The fourth-order valence-corrected chi connectivity index (χ4v) is 4.54. The maximum absolute atomic E-state index is 12.9. The summed E-state index contributed by atoms with van der Waals surface area (Å²) in [5, 5.41) is 6.75. The number of hydrogen-bond donors (Lipinski definition) is 2. The summed E-state index contributed by atoms with van der Waals surface area (Å²) in [5.41, 5.74) is 0.975. The number of aldehydes is 1. The molecule has 3 aromatic rings. The van der Waals surface area contributed by atoms with E-state index in [0.717, 1.165) is 19.1 Å². The molecule has 188 valence electrons. The van der Waals surface area contributed by atoms with E-state index in [1.165, 1.54) is 7.05 Å². The first-order chi connectivity index (χ1) is 17.5. The average molecular weight is 513 g/mol. The van der Waals surface area contributed by atoms with Crippen molar-refractivity contribution >= 4 is 52.2 Å². The number of pyridine rings is 1. The zero-order valence-corrected chi connectivity index (χ0v) is 20.4. The minimum atomic E-state index is -0.336. The quantitative estimate of drug-likeness (QED) is 0.457. The van der Waals surface area contributed by atoms with Crippen LogP contribution in [0.4, 0.5) is 17.5 Å². The van der Waals surface area contributed by atoms with Gasteiger partial charge in [-0.3, -0.25) is 14.2 Å². The van der Waals surface area contributed by atoms with Crippen molar-refractivity contribution in [3.63, 3.8) is 0 Å². The van der Waals surface area contributed by atoms with Crippen molar-refractivity contribution in [3.8, 4) is 11.5 Å². The number of aromatic nitrogens is 3. The number of halogens is 1. The molecule has 4 heterocycles. The summed E-state index contributed by atoms with van der Waals surface area (Å²) >= 11 is 6.40. The molecular weight excluding hydrogens is 488 g/mol. The maximum atomic E-state index is 12.9. The number of piperidine rings is 1. The summed E-state index contributed by atoms with van der Waals surface area (Å²) in [6, 6.07) is 5.23. The lowest BCUT2D eigenvalue weighted by Crippen LogP contribution is -2.35. The van der Waals surface area contributed by atoms with E-state index in [9.17, 15) is 14.4 Å². The molecule has 1 aromatic carbocycles. The van der Waals surface area contributed by atoms with Crippen LogP contribution in [0.15, 0.2) is 29.2 Å². The van der Waals surface area contributed by atoms with E-state index >= 15 is 0 Å². The van der Waals surface area contributed by atoms with Gasteiger partial charge in [0.1, 0.15) is 23.7 Å². The number of rotatable bonds is 7. The summed E-state index contributed by atoms with van der Waals surface area (Å²) in [7, 11) is 1.50. The molecule has 2 N–H and O–H groups in total. The van der Waals surface area contributed by atoms with Crippen molar-refractivity contribution in [1.29, 1.82) is 0 Å². The molecule has 36 heavy (non-hydrogen) atoms. The molecule has 1 fully saturated rings. The Bertz CT molecular complexity index is 1390. The van der Waals surface area contributed by atoms with Gasteiger partial charge in [0.25, 0.3) is 11.5 Å². The molecule has 0 radical (unpaired) electrons. The van der Waals surface area contributed by atoms with Crippen molar-refractivity contribution in [2.75, 3.05) is 43.6 Å². The number of benzene rings is 1. The van der Waals surface area contributed by atoms with Gasteiger partial charge >= 0.3 is 0 Å². The number of anilines is 3. The van der Waals surface area contributed by atoms with Crippen molar-refractivity contribution in [3.05, 3.63) is 39.8 Å². The molecule has 0 atom stereocenters. The van der Waals surface area contributed by atoms with Crippen LogP contribution in [-0.2, 0) is 16.1 Å². The van der Waals surface area contributed by atoms with Gasteiger partial charge in [0.15, 0.2) is 18.2 Å². The van der Waals surface area contributed by atoms with E-state index in [0.29, 0.717) is 65.4 Å². The van der Waals surface area contributed by atoms with Crippen LogP contribution < -0.4 is 30.6 Å². The highest BCUT2D eigenvalue weighted by atomic mass is 35.5. The van der Waals surface area contributed by atoms with E-state index in [2.05, 4.69) is 20.6 Å². The second kappa shape index (κ2) is 10.0. The topological polar surface area (TPSA) is 128 Å². The number of ether oxygens (including phenoxy) is 2. The van der Waals surface area contributed by atoms with Crippen LogP contribution in [0.5, 0.6) is 11.5 Å². The summed E-state index contributed by atoms with van der Waals surface area (Å²) < 4.78 is 12.9. The number of nitrogens with one attached hydrogen (secondary N) is 2. The molecule has 11 nitrogen and oxygen atoms in total. The number of amides is 1. The minimum absolute atomic E-state index is 0.0725. The maximum Gasteiger partial charge on any atom is 0.293 e. The largest absolute Gasteiger partial charge is 0.489 e. The number of hydrogen-bond acceptors (Lipinski definition) is 9. The first-order valence-electron chi connectivity index (χ1n) is 11.6. The lowest BCUT2D eigenvalue weighted by Gasteiger charge is -2.29. The predicted molar refractivity (Wildman–Crippen MR) is 135 cm³/mol. The summed E-state index contributed by atoms with van der Waals surface area (Å²) in [5.74, 6) is 1.31. The molecule has 12 heteroatoms. The van der Waals surface area contributed by atoms with Gasteiger partial charge in [-0.05, 0) is 25.0 Å². The molecule has 0 spiro atoms. The van der Waals surface area contributed by atoms with Gasteiger partial charge in [0.2, 0.25) is 5.95 Å². The molecule has 1 saturated heterocycles. The lowest BCUT2D eigenvalue weighted by atomic mass is 9.99. The Kier molecular flexibility index (Phi) is 6.64. The Labute approximate surface area is 211 Å². The Morgan fingerprint density at radius 2 is 2.08 bits per heavy atom. The van der Waals surface area contributed by atoms with Crippen molar-refractivity contribution in [2.24, 2.45) is 5.92 Å². The summed E-state index contributed by atoms with van der Waals surface area (Å²) in [4.78, 5) is 46.6. The standard InChI is InChI=1S/C24H25ClN6O5/c1-26-20(33)13-36-19-9-15-8-16(10-18-21(15)31(23(19)34)6-7-35-18)28-22-17(25)11-27-24(29-22)30-4-2-14(12-32)3-5-30/h8-12,14H,2-7,13H2,1H3,(H,26,33)(H,27,28,29). The van der Waals surface area contributed by atoms with Crippen molar-refractivity contribution in [2.45, 2.75) is 19.4 Å². The Balaban J connectivity index is 1.47.